The molecule has 2 aromatic carbocycles. The van der Waals surface area contributed by atoms with Crippen molar-refractivity contribution >= 4 is 15.9 Å². The van der Waals surface area contributed by atoms with Crippen LogP contribution in [0.3, 0.4) is 0 Å². The quantitative estimate of drug-likeness (QED) is 0.705. The summed E-state index contributed by atoms with van der Waals surface area (Å²) in [6.45, 7) is 0.398. The van der Waals surface area contributed by atoms with E-state index in [-0.39, 0.29) is 16.8 Å². The highest BCUT2D eigenvalue weighted by atomic mass is 32.2. The van der Waals surface area contributed by atoms with Gasteiger partial charge in [-0.15, -0.1) is 0 Å². The SMILES string of the molecule is CN(Cc1ccc(C#N)cc1)C(=O)c1ccc(S(=O)(=O)N(C)C2CCCCC2)cc1. The smallest absolute Gasteiger partial charge is 0.253 e. The normalized spacial score (nSPS) is 15.0. The van der Waals surface area contributed by atoms with E-state index < -0.39 is 10.0 Å². The fourth-order valence-corrected chi connectivity index (χ4v) is 5.24. The Hall–Kier alpha value is -2.69. The van der Waals surface area contributed by atoms with Crippen LogP contribution < -0.4 is 0 Å². The summed E-state index contributed by atoms with van der Waals surface area (Å²) in [5.74, 6) is -0.191. The van der Waals surface area contributed by atoms with Crippen LogP contribution in [-0.2, 0) is 16.6 Å². The largest absolute Gasteiger partial charge is 0.337 e. The molecule has 0 aromatic heterocycles. The van der Waals surface area contributed by atoms with Gasteiger partial charge in [0.25, 0.3) is 5.91 Å². The van der Waals surface area contributed by atoms with E-state index in [4.69, 9.17) is 5.26 Å². The van der Waals surface area contributed by atoms with Crippen molar-refractivity contribution < 1.29 is 13.2 Å². The summed E-state index contributed by atoms with van der Waals surface area (Å²) in [7, 11) is -0.229. The lowest BCUT2D eigenvalue weighted by Crippen LogP contribution is -2.38. The Labute approximate surface area is 178 Å². The minimum atomic E-state index is -3.57. The van der Waals surface area contributed by atoms with E-state index in [0.29, 0.717) is 17.7 Å². The van der Waals surface area contributed by atoms with Crippen molar-refractivity contribution in [2.75, 3.05) is 14.1 Å². The molecule has 30 heavy (non-hydrogen) atoms. The van der Waals surface area contributed by atoms with Crippen molar-refractivity contribution in [1.82, 2.24) is 9.21 Å². The predicted molar refractivity (Wildman–Crippen MR) is 115 cm³/mol. The van der Waals surface area contributed by atoms with Crippen LogP contribution in [0.25, 0.3) is 0 Å². The number of hydrogen-bond acceptors (Lipinski definition) is 4. The van der Waals surface area contributed by atoms with Crippen LogP contribution in [0.2, 0.25) is 0 Å². The second kappa shape index (κ2) is 9.41. The molecule has 1 aliphatic rings. The molecule has 1 saturated carbocycles. The summed E-state index contributed by atoms with van der Waals surface area (Å²) in [4.78, 5) is 14.5. The van der Waals surface area contributed by atoms with Gasteiger partial charge in [0, 0.05) is 32.2 Å². The molecule has 0 heterocycles. The lowest BCUT2D eigenvalue weighted by atomic mass is 9.96. The lowest BCUT2D eigenvalue weighted by molar-refractivity contribution is 0.0785. The minimum absolute atomic E-state index is 0.0450. The number of carbonyl (C=O) groups excluding carboxylic acids is 1. The Kier molecular flexibility index (Phi) is 6.91. The van der Waals surface area contributed by atoms with E-state index in [9.17, 15) is 13.2 Å². The van der Waals surface area contributed by atoms with Crippen molar-refractivity contribution in [3.63, 3.8) is 0 Å². The zero-order chi connectivity index (χ0) is 21.7. The van der Waals surface area contributed by atoms with E-state index in [0.717, 1.165) is 37.7 Å². The number of nitriles is 1. The van der Waals surface area contributed by atoms with E-state index in [2.05, 4.69) is 6.07 Å². The van der Waals surface area contributed by atoms with Gasteiger partial charge < -0.3 is 4.90 Å². The average Bonchev–Trinajstić information content (AvgIpc) is 2.79. The maximum absolute atomic E-state index is 12.9. The van der Waals surface area contributed by atoms with Gasteiger partial charge in [-0.25, -0.2) is 8.42 Å². The maximum atomic E-state index is 12.9. The zero-order valence-electron chi connectivity index (χ0n) is 17.4. The van der Waals surface area contributed by atoms with Gasteiger partial charge in [0.05, 0.1) is 16.5 Å². The van der Waals surface area contributed by atoms with Crippen molar-refractivity contribution in [3.05, 3.63) is 65.2 Å². The van der Waals surface area contributed by atoms with Crippen LogP contribution in [-0.4, -0.2) is 43.7 Å². The summed E-state index contributed by atoms with van der Waals surface area (Å²) in [6, 6.07) is 15.3. The third kappa shape index (κ3) is 4.89. The standard InChI is InChI=1S/C23H27N3O3S/c1-25(17-19-10-8-18(16-24)9-11-19)23(27)20-12-14-22(15-13-20)30(28,29)26(2)21-6-4-3-5-7-21/h8-15,21H,3-7,17H2,1-2H3. The Morgan fingerprint density at radius 2 is 1.60 bits per heavy atom. The summed E-state index contributed by atoms with van der Waals surface area (Å²) in [6.07, 6.45) is 5.07. The van der Waals surface area contributed by atoms with Gasteiger partial charge in [-0.3, -0.25) is 4.79 Å². The first kappa shape index (κ1) is 22.0. The number of carbonyl (C=O) groups is 1. The Balaban J connectivity index is 1.69. The highest BCUT2D eigenvalue weighted by molar-refractivity contribution is 7.89. The number of amides is 1. The third-order valence-electron chi connectivity index (χ3n) is 5.72. The molecule has 158 valence electrons. The number of sulfonamides is 1. The Morgan fingerprint density at radius 3 is 2.17 bits per heavy atom. The van der Waals surface area contributed by atoms with Crippen molar-refractivity contribution in [2.45, 2.75) is 49.6 Å². The fraction of sp³-hybridized carbons (Fsp3) is 0.391. The van der Waals surface area contributed by atoms with Crippen LogP contribution >= 0.6 is 0 Å². The molecule has 7 heteroatoms. The molecule has 1 amide bonds. The lowest BCUT2D eigenvalue weighted by Gasteiger charge is -2.30. The first-order valence-corrected chi connectivity index (χ1v) is 11.6. The van der Waals surface area contributed by atoms with E-state index in [1.165, 1.54) is 16.4 Å². The van der Waals surface area contributed by atoms with Crippen LogP contribution in [0.15, 0.2) is 53.4 Å². The average molecular weight is 426 g/mol. The monoisotopic (exact) mass is 425 g/mol. The number of rotatable bonds is 6. The van der Waals surface area contributed by atoms with Crippen LogP contribution in [0.4, 0.5) is 0 Å². The second-order valence-corrected chi connectivity index (χ2v) is 9.80. The Bertz CT molecular complexity index is 1020. The molecular weight excluding hydrogens is 398 g/mol. The summed E-state index contributed by atoms with van der Waals surface area (Å²) in [5, 5.41) is 8.87. The van der Waals surface area contributed by atoms with Gasteiger partial charge in [-0.1, -0.05) is 31.4 Å². The zero-order valence-corrected chi connectivity index (χ0v) is 18.2. The van der Waals surface area contributed by atoms with Crippen molar-refractivity contribution in [3.8, 4) is 6.07 Å². The van der Waals surface area contributed by atoms with E-state index >= 15 is 0 Å². The molecule has 2 aromatic rings. The minimum Gasteiger partial charge on any atom is -0.337 e. The van der Waals surface area contributed by atoms with Crippen molar-refractivity contribution in [1.29, 1.82) is 5.26 Å². The molecule has 0 radical (unpaired) electrons. The van der Waals surface area contributed by atoms with Crippen LogP contribution in [0.5, 0.6) is 0 Å². The van der Waals surface area contributed by atoms with Crippen molar-refractivity contribution in [2.24, 2.45) is 0 Å². The topological polar surface area (TPSA) is 81.5 Å². The fourth-order valence-electron chi connectivity index (χ4n) is 3.83. The van der Waals surface area contributed by atoms with Gasteiger partial charge >= 0.3 is 0 Å². The molecule has 6 nitrogen and oxygen atoms in total. The maximum Gasteiger partial charge on any atom is 0.253 e. The molecule has 3 rings (SSSR count). The van der Waals surface area contributed by atoms with E-state index in [1.807, 2.05) is 12.1 Å². The van der Waals surface area contributed by atoms with Gasteiger partial charge in [0.15, 0.2) is 0 Å². The highest BCUT2D eigenvalue weighted by Crippen LogP contribution is 2.26. The molecular formula is C23H27N3O3S. The summed E-state index contributed by atoms with van der Waals surface area (Å²) < 4.78 is 27.4. The predicted octanol–water partition coefficient (Wildman–Crippen LogP) is 3.78. The molecule has 0 bridgehead atoms. The molecule has 0 aliphatic heterocycles. The Morgan fingerprint density at radius 1 is 1.00 bits per heavy atom. The molecule has 0 spiro atoms. The molecule has 0 atom stereocenters. The number of benzene rings is 2. The molecule has 1 aliphatic carbocycles. The number of hydrogen-bond donors (Lipinski definition) is 0. The van der Waals surface area contributed by atoms with Gasteiger partial charge in [-0.2, -0.15) is 9.57 Å². The third-order valence-corrected chi connectivity index (χ3v) is 7.64. The van der Waals surface area contributed by atoms with Gasteiger partial charge in [0.2, 0.25) is 10.0 Å². The highest BCUT2D eigenvalue weighted by Gasteiger charge is 2.29. The van der Waals surface area contributed by atoms with Crippen LogP contribution in [0, 0.1) is 11.3 Å². The molecule has 0 unspecified atom stereocenters. The van der Waals surface area contributed by atoms with Crippen LogP contribution in [0.1, 0.15) is 53.6 Å². The van der Waals surface area contributed by atoms with Gasteiger partial charge in [-0.05, 0) is 54.8 Å². The summed E-state index contributed by atoms with van der Waals surface area (Å²) in [5.41, 5.74) is 1.92. The first-order valence-electron chi connectivity index (χ1n) is 10.2. The first-order chi connectivity index (χ1) is 14.3. The second-order valence-electron chi connectivity index (χ2n) is 7.81. The summed E-state index contributed by atoms with van der Waals surface area (Å²) >= 11 is 0. The molecule has 0 N–H and O–H groups in total. The van der Waals surface area contributed by atoms with Gasteiger partial charge in [0.1, 0.15) is 0 Å². The molecule has 1 fully saturated rings. The van der Waals surface area contributed by atoms with E-state index in [1.54, 1.807) is 43.3 Å². The number of nitrogens with zero attached hydrogens (tertiary/aromatic N) is 3. The molecule has 0 saturated heterocycles.